The van der Waals surface area contributed by atoms with E-state index in [4.69, 9.17) is 9.47 Å². The van der Waals surface area contributed by atoms with Crippen molar-refractivity contribution in [2.45, 2.75) is 26.4 Å². The first-order valence-corrected chi connectivity index (χ1v) is 10.0. The van der Waals surface area contributed by atoms with Crippen LogP contribution in [0, 0.1) is 6.92 Å². The summed E-state index contributed by atoms with van der Waals surface area (Å²) in [6, 6.07) is 23.8. The number of rotatable bonds is 9. The first-order chi connectivity index (χ1) is 14.6. The minimum Gasteiger partial charge on any atom is -0.493 e. The van der Waals surface area contributed by atoms with Gasteiger partial charge in [-0.15, -0.1) is 0 Å². The Labute approximate surface area is 178 Å². The molecule has 0 spiro atoms. The van der Waals surface area contributed by atoms with Crippen LogP contribution in [0.5, 0.6) is 11.5 Å². The molecule has 0 unspecified atom stereocenters. The third kappa shape index (κ3) is 5.84. The van der Waals surface area contributed by atoms with Gasteiger partial charge in [0.15, 0.2) is 18.1 Å². The smallest absolute Gasteiger partial charge is 0.262 e. The fraction of sp³-hybridized carbons (Fsp3) is 0.240. The molecule has 0 heterocycles. The largest absolute Gasteiger partial charge is 0.493 e. The highest BCUT2D eigenvalue weighted by atomic mass is 16.5. The maximum Gasteiger partial charge on any atom is 0.262 e. The van der Waals surface area contributed by atoms with Crippen LogP contribution in [0.15, 0.2) is 72.8 Å². The maximum absolute atomic E-state index is 12.3. The van der Waals surface area contributed by atoms with Gasteiger partial charge >= 0.3 is 0 Å². The highest BCUT2D eigenvalue weighted by Gasteiger charge is 2.14. The molecule has 0 saturated carbocycles. The van der Waals surface area contributed by atoms with Gasteiger partial charge in [0.05, 0.1) is 7.11 Å². The Morgan fingerprint density at radius 3 is 2.40 bits per heavy atom. The van der Waals surface area contributed by atoms with Crippen LogP contribution in [0.25, 0.3) is 0 Å². The Kier molecular flexibility index (Phi) is 7.46. The van der Waals surface area contributed by atoms with Crippen LogP contribution >= 0.6 is 0 Å². The lowest BCUT2D eigenvalue weighted by Gasteiger charge is -2.18. The van der Waals surface area contributed by atoms with Crippen LogP contribution < -0.4 is 20.1 Å². The van der Waals surface area contributed by atoms with Gasteiger partial charge in [0.25, 0.3) is 5.91 Å². The van der Waals surface area contributed by atoms with Crippen molar-refractivity contribution in [2.24, 2.45) is 0 Å². The molecule has 3 aromatic carbocycles. The van der Waals surface area contributed by atoms with Gasteiger partial charge < -0.3 is 20.1 Å². The molecule has 3 aromatic rings. The maximum atomic E-state index is 12.3. The van der Waals surface area contributed by atoms with E-state index in [1.165, 1.54) is 5.56 Å². The van der Waals surface area contributed by atoms with Crippen molar-refractivity contribution < 1.29 is 14.3 Å². The lowest BCUT2D eigenvalue weighted by Crippen LogP contribution is -2.22. The fourth-order valence-corrected chi connectivity index (χ4v) is 3.12. The minimum atomic E-state index is -0.221. The Morgan fingerprint density at radius 2 is 1.70 bits per heavy atom. The summed E-state index contributed by atoms with van der Waals surface area (Å²) in [7, 11) is 1.60. The van der Waals surface area contributed by atoms with Gasteiger partial charge in [-0.05, 0) is 37.6 Å². The molecule has 0 aromatic heterocycles. The number of hydrogen-bond acceptors (Lipinski definition) is 4. The number of amides is 1. The SMILES string of the molecule is COc1cccc(CN[C@H](C)c2ccccc2)c1OCC(=O)Nc1ccc(C)cc1. The standard InChI is InChI=1S/C25H28N2O3/c1-18-12-14-22(15-13-18)27-24(28)17-30-25-21(10-7-11-23(25)29-3)16-26-19(2)20-8-5-4-6-9-20/h4-15,19,26H,16-17H2,1-3H3,(H,27,28)/t19-/m1/s1. The molecular formula is C25H28N2O3. The van der Waals surface area contributed by atoms with Gasteiger partial charge in [-0.3, -0.25) is 4.79 Å². The molecule has 3 rings (SSSR count). The van der Waals surface area contributed by atoms with Gasteiger partial charge in [0.2, 0.25) is 0 Å². The lowest BCUT2D eigenvalue weighted by atomic mass is 10.1. The summed E-state index contributed by atoms with van der Waals surface area (Å²) < 4.78 is 11.3. The topological polar surface area (TPSA) is 59.6 Å². The molecule has 0 bridgehead atoms. The summed E-state index contributed by atoms with van der Waals surface area (Å²) in [5.74, 6) is 0.956. The van der Waals surface area contributed by atoms with E-state index in [0.29, 0.717) is 18.0 Å². The van der Waals surface area contributed by atoms with Gasteiger partial charge in [-0.1, -0.05) is 60.2 Å². The molecule has 0 saturated heterocycles. The second kappa shape index (κ2) is 10.5. The molecule has 30 heavy (non-hydrogen) atoms. The van der Waals surface area contributed by atoms with E-state index in [9.17, 15) is 4.79 Å². The fourth-order valence-electron chi connectivity index (χ4n) is 3.12. The Bertz CT molecular complexity index is 956. The van der Waals surface area contributed by atoms with Crippen molar-refractivity contribution in [3.05, 3.63) is 89.5 Å². The van der Waals surface area contributed by atoms with E-state index in [1.807, 2.05) is 67.6 Å². The van der Waals surface area contributed by atoms with Crippen molar-refractivity contribution in [2.75, 3.05) is 19.0 Å². The number of nitrogens with one attached hydrogen (secondary N) is 2. The second-order valence-electron chi connectivity index (χ2n) is 7.16. The second-order valence-corrected chi connectivity index (χ2v) is 7.16. The average Bonchev–Trinajstić information content (AvgIpc) is 2.78. The highest BCUT2D eigenvalue weighted by Crippen LogP contribution is 2.31. The molecule has 0 aliphatic heterocycles. The Balaban J connectivity index is 1.64. The Hall–Kier alpha value is -3.31. The molecule has 0 fully saturated rings. The van der Waals surface area contributed by atoms with Crippen molar-refractivity contribution >= 4 is 11.6 Å². The average molecular weight is 405 g/mol. The predicted molar refractivity (Wildman–Crippen MR) is 120 cm³/mol. The first-order valence-electron chi connectivity index (χ1n) is 10.0. The van der Waals surface area contributed by atoms with Crippen molar-refractivity contribution in [1.82, 2.24) is 5.32 Å². The summed E-state index contributed by atoms with van der Waals surface area (Å²) in [4.78, 5) is 12.3. The summed E-state index contributed by atoms with van der Waals surface area (Å²) in [5.41, 5.74) is 4.02. The third-order valence-corrected chi connectivity index (χ3v) is 4.86. The van der Waals surface area contributed by atoms with Crippen molar-refractivity contribution in [3.63, 3.8) is 0 Å². The normalized spacial score (nSPS) is 11.6. The van der Waals surface area contributed by atoms with E-state index >= 15 is 0 Å². The molecule has 5 nitrogen and oxygen atoms in total. The van der Waals surface area contributed by atoms with Crippen molar-refractivity contribution in [3.8, 4) is 11.5 Å². The Morgan fingerprint density at radius 1 is 0.967 bits per heavy atom. The van der Waals surface area contributed by atoms with E-state index in [2.05, 4.69) is 29.7 Å². The molecule has 0 radical (unpaired) electrons. The summed E-state index contributed by atoms with van der Waals surface area (Å²) in [5, 5.41) is 6.35. The monoisotopic (exact) mass is 404 g/mol. The van der Waals surface area contributed by atoms with Crippen LogP contribution in [-0.2, 0) is 11.3 Å². The van der Waals surface area contributed by atoms with Crippen LogP contribution in [-0.4, -0.2) is 19.6 Å². The quantitative estimate of drug-likeness (QED) is 0.534. The van der Waals surface area contributed by atoms with E-state index in [0.717, 1.165) is 16.8 Å². The number of benzene rings is 3. The highest BCUT2D eigenvalue weighted by molar-refractivity contribution is 5.91. The number of carbonyl (C=O) groups excluding carboxylic acids is 1. The number of carbonyl (C=O) groups is 1. The van der Waals surface area contributed by atoms with E-state index in [-0.39, 0.29) is 18.6 Å². The van der Waals surface area contributed by atoms with E-state index in [1.54, 1.807) is 7.11 Å². The zero-order valence-electron chi connectivity index (χ0n) is 17.6. The zero-order valence-corrected chi connectivity index (χ0v) is 17.6. The minimum absolute atomic E-state index is 0.102. The molecule has 1 amide bonds. The number of aryl methyl sites for hydroxylation is 1. The van der Waals surface area contributed by atoms with Gasteiger partial charge in [-0.25, -0.2) is 0 Å². The number of ether oxygens (including phenoxy) is 2. The number of para-hydroxylation sites is 1. The van der Waals surface area contributed by atoms with Crippen LogP contribution in [0.4, 0.5) is 5.69 Å². The van der Waals surface area contributed by atoms with Gasteiger partial charge in [-0.2, -0.15) is 0 Å². The van der Waals surface area contributed by atoms with Crippen LogP contribution in [0.1, 0.15) is 29.7 Å². The van der Waals surface area contributed by atoms with Crippen molar-refractivity contribution in [1.29, 1.82) is 0 Å². The molecule has 0 aliphatic carbocycles. The summed E-state index contributed by atoms with van der Waals surface area (Å²) in [6.07, 6.45) is 0. The summed E-state index contributed by atoms with van der Waals surface area (Å²) >= 11 is 0. The third-order valence-electron chi connectivity index (χ3n) is 4.86. The zero-order chi connectivity index (χ0) is 21.3. The molecule has 2 N–H and O–H groups in total. The summed E-state index contributed by atoms with van der Waals surface area (Å²) in [6.45, 7) is 4.60. The van der Waals surface area contributed by atoms with Gasteiger partial charge in [0, 0.05) is 23.8 Å². The molecule has 5 heteroatoms. The van der Waals surface area contributed by atoms with Crippen LogP contribution in [0.3, 0.4) is 0 Å². The van der Waals surface area contributed by atoms with Gasteiger partial charge in [0.1, 0.15) is 0 Å². The molecule has 156 valence electrons. The van der Waals surface area contributed by atoms with Crippen LogP contribution in [0.2, 0.25) is 0 Å². The first kappa shape index (κ1) is 21.4. The molecular weight excluding hydrogens is 376 g/mol. The number of methoxy groups -OCH3 is 1. The number of anilines is 1. The van der Waals surface area contributed by atoms with E-state index < -0.39 is 0 Å². The molecule has 1 atom stereocenters. The lowest BCUT2D eigenvalue weighted by molar-refractivity contribution is -0.118. The number of hydrogen-bond donors (Lipinski definition) is 2. The molecule has 0 aliphatic rings. The predicted octanol–water partition coefficient (Wildman–Crippen LogP) is 4.87.